The minimum Gasteiger partial charge on any atom is -0.329 e. The summed E-state index contributed by atoms with van der Waals surface area (Å²) in [6.45, 7) is 0.922. The topological polar surface area (TPSA) is 63.4 Å². The van der Waals surface area contributed by atoms with Crippen LogP contribution in [0.5, 0.6) is 0 Å². The number of benzene rings is 1. The van der Waals surface area contributed by atoms with Gasteiger partial charge in [-0.15, -0.1) is 0 Å². The van der Waals surface area contributed by atoms with Gasteiger partial charge in [-0.3, -0.25) is 4.90 Å². The summed E-state index contributed by atoms with van der Waals surface area (Å²) >= 11 is 3.50. The smallest absolute Gasteiger partial charge is 0.148 e. The number of halogens is 1. The summed E-state index contributed by atoms with van der Waals surface area (Å²) in [7, 11) is -1.06. The number of sulfone groups is 1. The molecular weight excluding hydrogens is 316 g/mol. The van der Waals surface area contributed by atoms with E-state index in [1.807, 2.05) is 36.2 Å². The van der Waals surface area contributed by atoms with Crippen LogP contribution in [-0.2, 0) is 9.84 Å². The molecule has 0 bridgehead atoms. The van der Waals surface area contributed by atoms with E-state index in [1.54, 1.807) is 0 Å². The lowest BCUT2D eigenvalue weighted by Gasteiger charge is -2.27. The maximum Gasteiger partial charge on any atom is 0.148 e. The lowest BCUT2D eigenvalue weighted by atomic mass is 10.1. The van der Waals surface area contributed by atoms with E-state index in [0.29, 0.717) is 13.1 Å². The normalized spacial score (nSPS) is 13.8. The van der Waals surface area contributed by atoms with Gasteiger partial charge in [0.1, 0.15) is 9.84 Å². The molecule has 1 aromatic carbocycles. The fourth-order valence-electron chi connectivity index (χ4n) is 1.76. The summed E-state index contributed by atoms with van der Waals surface area (Å²) in [6, 6.07) is 7.87. The molecule has 1 unspecified atom stereocenters. The van der Waals surface area contributed by atoms with Crippen LogP contribution in [0.4, 0.5) is 0 Å². The molecule has 0 aliphatic carbocycles. The Balaban J connectivity index is 2.81. The van der Waals surface area contributed by atoms with E-state index in [0.717, 1.165) is 10.0 Å². The zero-order valence-corrected chi connectivity index (χ0v) is 13.0. The molecule has 0 radical (unpaired) electrons. The highest BCUT2D eigenvalue weighted by Crippen LogP contribution is 2.26. The molecule has 0 amide bonds. The summed E-state index contributed by atoms with van der Waals surface area (Å²) in [4.78, 5) is 1.97. The van der Waals surface area contributed by atoms with Crippen molar-refractivity contribution in [2.75, 3.05) is 32.1 Å². The lowest BCUT2D eigenvalue weighted by molar-refractivity contribution is 0.263. The predicted molar refractivity (Wildman–Crippen MR) is 78.3 cm³/mol. The lowest BCUT2D eigenvalue weighted by Crippen LogP contribution is -2.34. The second kappa shape index (κ2) is 6.65. The molecule has 102 valence electrons. The molecule has 0 spiro atoms. The maximum absolute atomic E-state index is 11.2. The molecule has 0 aliphatic rings. The van der Waals surface area contributed by atoms with Gasteiger partial charge in [0, 0.05) is 29.9 Å². The quantitative estimate of drug-likeness (QED) is 0.854. The fraction of sp³-hybridized carbons (Fsp3) is 0.500. The van der Waals surface area contributed by atoms with E-state index in [9.17, 15) is 8.42 Å². The van der Waals surface area contributed by atoms with Crippen LogP contribution in [0.3, 0.4) is 0 Å². The number of rotatable bonds is 6. The van der Waals surface area contributed by atoms with Crippen molar-refractivity contribution in [2.24, 2.45) is 5.73 Å². The van der Waals surface area contributed by atoms with Crippen molar-refractivity contribution in [1.82, 2.24) is 4.90 Å². The third-order valence-electron chi connectivity index (χ3n) is 2.83. The van der Waals surface area contributed by atoms with Gasteiger partial charge in [0.05, 0.1) is 5.75 Å². The third kappa shape index (κ3) is 4.68. The van der Waals surface area contributed by atoms with Gasteiger partial charge in [0.25, 0.3) is 0 Å². The van der Waals surface area contributed by atoms with Crippen molar-refractivity contribution < 1.29 is 8.42 Å². The standard InChI is InChI=1S/C12H19BrN2O2S/c1-15(7-8-18(2,16)17)12(9-14)10-5-3-4-6-11(10)13/h3-6,12H,7-9,14H2,1-2H3. The largest absolute Gasteiger partial charge is 0.329 e. The highest BCUT2D eigenvalue weighted by Gasteiger charge is 2.18. The summed E-state index contributed by atoms with van der Waals surface area (Å²) in [6.07, 6.45) is 1.25. The molecule has 2 N–H and O–H groups in total. The molecule has 18 heavy (non-hydrogen) atoms. The predicted octanol–water partition coefficient (Wildman–Crippen LogP) is 1.43. The molecule has 0 aliphatic heterocycles. The first-order valence-corrected chi connectivity index (χ1v) is 8.53. The van der Waals surface area contributed by atoms with Crippen molar-refractivity contribution in [3.8, 4) is 0 Å². The van der Waals surface area contributed by atoms with Crippen molar-refractivity contribution in [2.45, 2.75) is 6.04 Å². The Morgan fingerprint density at radius 3 is 2.50 bits per heavy atom. The molecule has 1 rings (SSSR count). The first kappa shape index (κ1) is 15.6. The van der Waals surface area contributed by atoms with Crippen LogP contribution < -0.4 is 5.73 Å². The average Bonchev–Trinajstić information content (AvgIpc) is 2.29. The van der Waals surface area contributed by atoms with Crippen molar-refractivity contribution in [3.63, 3.8) is 0 Å². The van der Waals surface area contributed by atoms with Crippen LogP contribution in [-0.4, -0.2) is 45.5 Å². The maximum atomic E-state index is 11.2. The van der Waals surface area contributed by atoms with Crippen LogP contribution >= 0.6 is 15.9 Å². The molecular formula is C12H19BrN2O2S. The zero-order chi connectivity index (χ0) is 13.8. The van der Waals surface area contributed by atoms with Crippen LogP contribution in [0.25, 0.3) is 0 Å². The van der Waals surface area contributed by atoms with Crippen LogP contribution in [0.2, 0.25) is 0 Å². The van der Waals surface area contributed by atoms with E-state index in [1.165, 1.54) is 6.26 Å². The van der Waals surface area contributed by atoms with E-state index in [-0.39, 0.29) is 11.8 Å². The Morgan fingerprint density at radius 2 is 2.00 bits per heavy atom. The minimum absolute atomic E-state index is 0.0160. The Labute approximate surface area is 117 Å². The molecule has 0 saturated carbocycles. The van der Waals surface area contributed by atoms with Gasteiger partial charge in [-0.05, 0) is 18.7 Å². The highest BCUT2D eigenvalue weighted by atomic mass is 79.9. The second-order valence-electron chi connectivity index (χ2n) is 4.38. The van der Waals surface area contributed by atoms with Gasteiger partial charge in [-0.25, -0.2) is 8.42 Å². The number of likely N-dealkylation sites (N-methyl/N-ethyl adjacent to an activating group) is 1. The van der Waals surface area contributed by atoms with E-state index in [2.05, 4.69) is 15.9 Å². The van der Waals surface area contributed by atoms with Crippen LogP contribution in [0.15, 0.2) is 28.7 Å². The Hall–Kier alpha value is -0.430. The molecule has 4 nitrogen and oxygen atoms in total. The molecule has 0 heterocycles. The minimum atomic E-state index is -2.95. The number of nitrogens with zero attached hydrogens (tertiary/aromatic N) is 1. The molecule has 1 aromatic rings. The molecule has 0 fully saturated rings. The number of hydrogen-bond donors (Lipinski definition) is 1. The summed E-state index contributed by atoms with van der Waals surface area (Å²) in [5.74, 6) is 0.143. The second-order valence-corrected chi connectivity index (χ2v) is 7.50. The van der Waals surface area contributed by atoms with Gasteiger partial charge in [-0.2, -0.15) is 0 Å². The summed E-state index contributed by atoms with van der Waals surface area (Å²) in [5.41, 5.74) is 6.88. The van der Waals surface area contributed by atoms with Gasteiger partial charge >= 0.3 is 0 Å². The average molecular weight is 335 g/mol. The molecule has 1 atom stereocenters. The molecule has 0 aromatic heterocycles. The highest BCUT2D eigenvalue weighted by molar-refractivity contribution is 9.10. The van der Waals surface area contributed by atoms with E-state index < -0.39 is 9.84 Å². The van der Waals surface area contributed by atoms with Crippen LogP contribution in [0, 0.1) is 0 Å². The SMILES string of the molecule is CN(CCS(C)(=O)=O)C(CN)c1ccccc1Br. The first-order valence-electron chi connectivity index (χ1n) is 5.67. The van der Waals surface area contributed by atoms with E-state index >= 15 is 0 Å². The first-order chi connectivity index (χ1) is 8.35. The third-order valence-corrected chi connectivity index (χ3v) is 4.48. The zero-order valence-electron chi connectivity index (χ0n) is 10.6. The monoisotopic (exact) mass is 334 g/mol. The molecule has 6 heteroatoms. The van der Waals surface area contributed by atoms with Gasteiger partial charge in [-0.1, -0.05) is 34.1 Å². The summed E-state index contributed by atoms with van der Waals surface area (Å²) < 4.78 is 23.4. The van der Waals surface area contributed by atoms with Crippen LogP contribution in [0.1, 0.15) is 11.6 Å². The Morgan fingerprint density at radius 1 is 1.39 bits per heavy atom. The van der Waals surface area contributed by atoms with Gasteiger partial charge < -0.3 is 5.73 Å². The number of nitrogens with two attached hydrogens (primary N) is 1. The Bertz CT molecular complexity index is 491. The van der Waals surface area contributed by atoms with Crippen molar-refractivity contribution in [1.29, 1.82) is 0 Å². The van der Waals surface area contributed by atoms with E-state index in [4.69, 9.17) is 5.73 Å². The van der Waals surface area contributed by atoms with Crippen molar-refractivity contribution >= 4 is 25.8 Å². The fourth-order valence-corrected chi connectivity index (χ4v) is 2.92. The van der Waals surface area contributed by atoms with Gasteiger partial charge in [0.2, 0.25) is 0 Å². The summed E-state index contributed by atoms with van der Waals surface area (Å²) in [5, 5.41) is 0. The van der Waals surface area contributed by atoms with Gasteiger partial charge in [0.15, 0.2) is 0 Å². The molecule has 0 saturated heterocycles. The number of hydrogen-bond acceptors (Lipinski definition) is 4. The Kier molecular flexibility index (Phi) is 5.78. The van der Waals surface area contributed by atoms with Crippen molar-refractivity contribution in [3.05, 3.63) is 34.3 Å².